The normalized spacial score (nSPS) is 15.6. The van der Waals surface area contributed by atoms with Crippen LogP contribution in [0.15, 0.2) is 11.6 Å². The van der Waals surface area contributed by atoms with E-state index >= 15 is 0 Å². The van der Waals surface area contributed by atoms with Gasteiger partial charge in [0.25, 0.3) is 0 Å². The maximum atomic E-state index is 9.72. The van der Waals surface area contributed by atoms with Crippen molar-refractivity contribution < 1.29 is 9.84 Å². The van der Waals surface area contributed by atoms with Gasteiger partial charge in [-0.05, 0) is 6.42 Å². The Morgan fingerprint density at radius 2 is 2.46 bits per heavy atom. The Labute approximate surface area is 82.4 Å². The summed E-state index contributed by atoms with van der Waals surface area (Å²) in [5, 5.41) is 12.6. The van der Waals surface area contributed by atoms with E-state index in [1.165, 1.54) is 0 Å². The molecule has 1 aromatic heterocycles. The average Bonchev–Trinajstić information content (AvgIpc) is 2.59. The summed E-state index contributed by atoms with van der Waals surface area (Å²) >= 11 is 1.56. The fraction of sp³-hybridized carbons (Fsp3) is 0.667. The molecule has 1 N–H and O–H groups in total. The molecule has 0 saturated heterocycles. The van der Waals surface area contributed by atoms with Crippen LogP contribution in [0.3, 0.4) is 0 Å². The van der Waals surface area contributed by atoms with Gasteiger partial charge in [0.2, 0.25) is 0 Å². The molecule has 13 heavy (non-hydrogen) atoms. The molecular weight excluding hydrogens is 186 g/mol. The largest absolute Gasteiger partial charge is 0.390 e. The van der Waals surface area contributed by atoms with Crippen molar-refractivity contribution >= 4 is 11.3 Å². The van der Waals surface area contributed by atoms with Crippen molar-refractivity contribution in [2.45, 2.75) is 32.0 Å². The van der Waals surface area contributed by atoms with Crippen molar-refractivity contribution in [3.05, 3.63) is 16.6 Å². The number of aliphatic hydroxyl groups excluding tert-OH is 1. The minimum atomic E-state index is -0.443. The first-order chi connectivity index (χ1) is 6.27. The molecule has 1 heterocycles. The summed E-state index contributed by atoms with van der Waals surface area (Å²) in [6, 6.07) is 0. The van der Waals surface area contributed by atoms with Gasteiger partial charge < -0.3 is 9.84 Å². The van der Waals surface area contributed by atoms with Crippen LogP contribution in [0.1, 0.15) is 18.4 Å². The molecule has 0 aromatic carbocycles. The summed E-state index contributed by atoms with van der Waals surface area (Å²) in [4.78, 5) is 4.11. The molecule has 0 fully saturated rings. The van der Waals surface area contributed by atoms with Crippen molar-refractivity contribution in [3.8, 4) is 0 Å². The Morgan fingerprint density at radius 1 is 1.69 bits per heavy atom. The van der Waals surface area contributed by atoms with Crippen LogP contribution in [-0.4, -0.2) is 29.4 Å². The third kappa shape index (κ3) is 3.06. The summed E-state index contributed by atoms with van der Waals surface area (Å²) in [7, 11) is 1.62. The SMILES string of the molecule is CCC(OC)C(O)Cc1nccs1. The minimum Gasteiger partial charge on any atom is -0.390 e. The zero-order chi connectivity index (χ0) is 9.68. The summed E-state index contributed by atoms with van der Waals surface area (Å²) < 4.78 is 5.14. The molecule has 74 valence electrons. The number of ether oxygens (including phenoxy) is 1. The van der Waals surface area contributed by atoms with E-state index in [-0.39, 0.29) is 6.10 Å². The van der Waals surface area contributed by atoms with Crippen LogP contribution in [0.4, 0.5) is 0 Å². The van der Waals surface area contributed by atoms with E-state index in [9.17, 15) is 5.11 Å². The topological polar surface area (TPSA) is 42.4 Å². The first-order valence-electron chi connectivity index (χ1n) is 4.37. The highest BCUT2D eigenvalue weighted by atomic mass is 32.1. The zero-order valence-electron chi connectivity index (χ0n) is 7.93. The minimum absolute atomic E-state index is 0.0797. The molecule has 0 aliphatic rings. The highest BCUT2D eigenvalue weighted by molar-refractivity contribution is 7.09. The van der Waals surface area contributed by atoms with Crippen LogP contribution in [0.2, 0.25) is 0 Å². The van der Waals surface area contributed by atoms with Crippen LogP contribution < -0.4 is 0 Å². The molecule has 3 nitrogen and oxygen atoms in total. The Bertz CT molecular complexity index is 222. The molecular formula is C9H15NO2S. The van der Waals surface area contributed by atoms with Crippen LogP contribution in [0, 0.1) is 0 Å². The second-order valence-corrected chi connectivity index (χ2v) is 3.86. The van der Waals surface area contributed by atoms with Gasteiger partial charge in [0.1, 0.15) is 0 Å². The highest BCUT2D eigenvalue weighted by Crippen LogP contribution is 2.12. The monoisotopic (exact) mass is 201 g/mol. The van der Waals surface area contributed by atoms with E-state index in [1.807, 2.05) is 12.3 Å². The zero-order valence-corrected chi connectivity index (χ0v) is 8.75. The number of methoxy groups -OCH3 is 1. The summed E-state index contributed by atoms with van der Waals surface area (Å²) in [5.74, 6) is 0. The third-order valence-electron chi connectivity index (χ3n) is 2.00. The standard InChI is InChI=1S/C9H15NO2S/c1-3-8(12-2)7(11)6-9-10-4-5-13-9/h4-5,7-8,11H,3,6H2,1-2H3. The average molecular weight is 201 g/mol. The van der Waals surface area contributed by atoms with Crippen molar-refractivity contribution in [1.29, 1.82) is 0 Å². The number of nitrogens with zero attached hydrogens (tertiary/aromatic N) is 1. The molecule has 0 aliphatic carbocycles. The van der Waals surface area contributed by atoms with E-state index < -0.39 is 6.10 Å². The number of aromatic nitrogens is 1. The molecule has 0 bridgehead atoms. The molecule has 4 heteroatoms. The molecule has 0 aliphatic heterocycles. The molecule has 0 amide bonds. The summed E-state index contributed by atoms with van der Waals surface area (Å²) in [6.07, 6.45) is 2.64. The van der Waals surface area contributed by atoms with Gasteiger partial charge in [0.15, 0.2) is 0 Å². The number of hydrogen-bond acceptors (Lipinski definition) is 4. The number of rotatable bonds is 5. The quantitative estimate of drug-likeness (QED) is 0.784. The molecule has 1 aromatic rings. The molecule has 2 unspecified atom stereocenters. The first-order valence-corrected chi connectivity index (χ1v) is 5.25. The fourth-order valence-corrected chi connectivity index (χ4v) is 1.93. The van der Waals surface area contributed by atoms with Crippen LogP contribution in [0.25, 0.3) is 0 Å². The summed E-state index contributed by atoms with van der Waals surface area (Å²) in [6.45, 7) is 2.00. The second-order valence-electron chi connectivity index (χ2n) is 2.88. The van der Waals surface area contributed by atoms with Crippen molar-refractivity contribution in [1.82, 2.24) is 4.98 Å². The van der Waals surface area contributed by atoms with Crippen molar-refractivity contribution in [2.75, 3.05) is 7.11 Å². The Kier molecular flexibility index (Phi) is 4.35. The molecule has 1 rings (SSSR count). The molecule has 0 spiro atoms. The Morgan fingerprint density at radius 3 is 2.92 bits per heavy atom. The molecule has 0 radical (unpaired) electrons. The summed E-state index contributed by atoms with van der Waals surface area (Å²) in [5.41, 5.74) is 0. The van der Waals surface area contributed by atoms with E-state index in [0.29, 0.717) is 6.42 Å². The third-order valence-corrected chi connectivity index (χ3v) is 2.80. The van der Waals surface area contributed by atoms with Gasteiger partial charge in [-0.1, -0.05) is 6.92 Å². The lowest BCUT2D eigenvalue weighted by Crippen LogP contribution is -2.29. The van der Waals surface area contributed by atoms with Gasteiger partial charge in [0, 0.05) is 25.1 Å². The van der Waals surface area contributed by atoms with Gasteiger partial charge in [-0.2, -0.15) is 0 Å². The van der Waals surface area contributed by atoms with Crippen molar-refractivity contribution in [3.63, 3.8) is 0 Å². The van der Waals surface area contributed by atoms with Crippen LogP contribution in [-0.2, 0) is 11.2 Å². The maximum absolute atomic E-state index is 9.72. The number of aliphatic hydroxyl groups is 1. The number of thiazole rings is 1. The van der Waals surface area contributed by atoms with E-state index in [1.54, 1.807) is 24.6 Å². The predicted molar refractivity (Wildman–Crippen MR) is 52.9 cm³/mol. The Balaban J connectivity index is 2.44. The fourth-order valence-electron chi connectivity index (χ4n) is 1.26. The highest BCUT2D eigenvalue weighted by Gasteiger charge is 2.17. The van der Waals surface area contributed by atoms with Gasteiger partial charge in [-0.3, -0.25) is 0 Å². The van der Waals surface area contributed by atoms with Gasteiger partial charge in [-0.15, -0.1) is 11.3 Å². The van der Waals surface area contributed by atoms with Gasteiger partial charge in [-0.25, -0.2) is 4.98 Å². The van der Waals surface area contributed by atoms with E-state index in [0.717, 1.165) is 11.4 Å². The van der Waals surface area contributed by atoms with Gasteiger partial charge >= 0.3 is 0 Å². The smallest absolute Gasteiger partial charge is 0.0951 e. The lowest BCUT2D eigenvalue weighted by Gasteiger charge is -2.18. The Hall–Kier alpha value is -0.450. The first kappa shape index (κ1) is 10.6. The predicted octanol–water partition coefficient (Wildman–Crippen LogP) is 1.47. The lowest BCUT2D eigenvalue weighted by molar-refractivity contribution is -0.0128. The van der Waals surface area contributed by atoms with Crippen LogP contribution in [0.5, 0.6) is 0 Å². The molecule has 0 saturated carbocycles. The van der Waals surface area contributed by atoms with E-state index in [2.05, 4.69) is 4.98 Å². The number of hydrogen-bond donors (Lipinski definition) is 1. The van der Waals surface area contributed by atoms with E-state index in [4.69, 9.17) is 4.74 Å². The molecule has 2 atom stereocenters. The van der Waals surface area contributed by atoms with Crippen molar-refractivity contribution in [2.24, 2.45) is 0 Å². The van der Waals surface area contributed by atoms with Crippen LogP contribution >= 0.6 is 11.3 Å². The maximum Gasteiger partial charge on any atom is 0.0951 e. The van der Waals surface area contributed by atoms with Gasteiger partial charge in [0.05, 0.1) is 17.2 Å². The lowest BCUT2D eigenvalue weighted by atomic mass is 10.1. The second kappa shape index (κ2) is 5.32.